The van der Waals surface area contributed by atoms with Crippen LogP contribution in [0.5, 0.6) is 0 Å². The van der Waals surface area contributed by atoms with E-state index in [0.717, 1.165) is 21.6 Å². The number of amides is 3. The molecule has 0 aliphatic rings. The third kappa shape index (κ3) is 8.11. The lowest BCUT2D eigenvalue weighted by molar-refractivity contribution is -0.116. The molecule has 0 fully saturated rings. The standard InChI is InChI=1S/C35H30N4O4S/c1-23-16-18-25(19-17-23)21-30(37-33(40)27-12-7-4-8-13-27)34(41)36-28-14-9-15-29(22-28)44-32(26-10-5-3-6-11-26)35(42)38-31-20-24(2)43-39-31/h3-22,32H,1-2H3,(H,36,41)(H,37,40)(H,38,39,42)/b30-21-. The number of benzene rings is 4. The van der Waals surface area contributed by atoms with E-state index in [9.17, 15) is 14.4 Å². The number of nitrogens with one attached hydrogen (secondary N) is 3. The molecule has 0 spiro atoms. The molecule has 5 rings (SSSR count). The van der Waals surface area contributed by atoms with Crippen LogP contribution in [0.3, 0.4) is 0 Å². The number of thioether (sulfide) groups is 1. The Hall–Kier alpha value is -5.41. The predicted octanol–water partition coefficient (Wildman–Crippen LogP) is 7.17. The average Bonchev–Trinajstić information content (AvgIpc) is 3.45. The van der Waals surface area contributed by atoms with Crippen LogP contribution in [0.2, 0.25) is 0 Å². The summed E-state index contributed by atoms with van der Waals surface area (Å²) in [4.78, 5) is 40.6. The number of anilines is 2. The van der Waals surface area contributed by atoms with Gasteiger partial charge >= 0.3 is 0 Å². The van der Waals surface area contributed by atoms with Gasteiger partial charge in [-0.3, -0.25) is 14.4 Å². The summed E-state index contributed by atoms with van der Waals surface area (Å²) in [6.45, 7) is 3.73. The summed E-state index contributed by atoms with van der Waals surface area (Å²) in [5.41, 5.74) is 3.66. The summed E-state index contributed by atoms with van der Waals surface area (Å²) in [6, 6.07) is 34.6. The van der Waals surface area contributed by atoms with E-state index in [1.807, 2.05) is 73.7 Å². The maximum atomic E-state index is 13.5. The molecule has 8 nitrogen and oxygen atoms in total. The minimum absolute atomic E-state index is 0.0882. The third-order valence-corrected chi connectivity index (χ3v) is 7.73. The number of rotatable bonds is 10. The van der Waals surface area contributed by atoms with Crippen LogP contribution in [-0.2, 0) is 9.59 Å². The largest absolute Gasteiger partial charge is 0.360 e. The zero-order valence-corrected chi connectivity index (χ0v) is 24.9. The fourth-order valence-electron chi connectivity index (χ4n) is 4.27. The van der Waals surface area contributed by atoms with Gasteiger partial charge in [-0.2, -0.15) is 0 Å². The van der Waals surface area contributed by atoms with Crippen LogP contribution < -0.4 is 16.0 Å². The maximum Gasteiger partial charge on any atom is 0.272 e. The molecule has 44 heavy (non-hydrogen) atoms. The summed E-state index contributed by atoms with van der Waals surface area (Å²) in [6.07, 6.45) is 1.63. The fourth-order valence-corrected chi connectivity index (χ4v) is 5.35. The summed E-state index contributed by atoms with van der Waals surface area (Å²) < 4.78 is 5.09. The topological polar surface area (TPSA) is 113 Å². The zero-order chi connectivity index (χ0) is 30.9. The van der Waals surface area contributed by atoms with E-state index >= 15 is 0 Å². The van der Waals surface area contributed by atoms with Gasteiger partial charge in [-0.1, -0.05) is 89.6 Å². The van der Waals surface area contributed by atoms with Crippen LogP contribution in [-0.4, -0.2) is 22.9 Å². The summed E-state index contributed by atoms with van der Waals surface area (Å²) >= 11 is 1.33. The van der Waals surface area contributed by atoms with Gasteiger partial charge in [0.15, 0.2) is 5.82 Å². The van der Waals surface area contributed by atoms with Crippen LogP contribution in [0, 0.1) is 13.8 Å². The van der Waals surface area contributed by atoms with Gasteiger partial charge in [0.05, 0.1) is 0 Å². The Labute approximate surface area is 259 Å². The van der Waals surface area contributed by atoms with Gasteiger partial charge < -0.3 is 20.5 Å². The molecule has 3 N–H and O–H groups in total. The Morgan fingerprint density at radius 3 is 2.18 bits per heavy atom. The van der Waals surface area contributed by atoms with E-state index in [-0.39, 0.29) is 11.6 Å². The molecule has 3 amide bonds. The quantitative estimate of drug-likeness (QED) is 0.115. The molecule has 1 unspecified atom stereocenters. The monoisotopic (exact) mass is 602 g/mol. The highest BCUT2D eigenvalue weighted by atomic mass is 32.2. The Balaban J connectivity index is 1.37. The van der Waals surface area contributed by atoms with Crippen molar-refractivity contribution in [3.8, 4) is 0 Å². The van der Waals surface area contributed by atoms with Gasteiger partial charge in [0, 0.05) is 22.2 Å². The molecule has 0 aliphatic carbocycles. The highest BCUT2D eigenvalue weighted by Gasteiger charge is 2.23. The number of hydrogen-bond donors (Lipinski definition) is 3. The Morgan fingerprint density at radius 2 is 1.50 bits per heavy atom. The molecule has 1 aromatic heterocycles. The first-order chi connectivity index (χ1) is 21.3. The van der Waals surface area contributed by atoms with Gasteiger partial charge in [-0.15, -0.1) is 11.8 Å². The average molecular weight is 603 g/mol. The van der Waals surface area contributed by atoms with E-state index in [0.29, 0.717) is 22.8 Å². The fraction of sp³-hybridized carbons (Fsp3) is 0.0857. The van der Waals surface area contributed by atoms with Crippen molar-refractivity contribution in [3.63, 3.8) is 0 Å². The molecule has 9 heteroatoms. The minimum atomic E-state index is -0.610. The number of aromatic nitrogens is 1. The van der Waals surface area contributed by atoms with Gasteiger partial charge in [-0.25, -0.2) is 0 Å². The Bertz CT molecular complexity index is 1780. The highest BCUT2D eigenvalue weighted by molar-refractivity contribution is 8.00. The molecular formula is C35H30N4O4S. The molecule has 5 aromatic rings. The van der Waals surface area contributed by atoms with Crippen molar-refractivity contribution in [1.82, 2.24) is 10.5 Å². The van der Waals surface area contributed by atoms with Crippen LogP contribution in [0.4, 0.5) is 11.5 Å². The van der Waals surface area contributed by atoms with Crippen LogP contribution >= 0.6 is 11.8 Å². The normalized spacial score (nSPS) is 11.8. The first kappa shape index (κ1) is 30.1. The van der Waals surface area contributed by atoms with Crippen molar-refractivity contribution in [2.45, 2.75) is 24.0 Å². The van der Waals surface area contributed by atoms with E-state index in [1.165, 1.54) is 11.8 Å². The number of carbonyl (C=O) groups excluding carboxylic acids is 3. The number of aryl methyl sites for hydroxylation is 2. The van der Waals surface area contributed by atoms with Crippen molar-refractivity contribution >= 4 is 47.1 Å². The van der Waals surface area contributed by atoms with E-state index in [2.05, 4.69) is 21.1 Å². The van der Waals surface area contributed by atoms with Crippen LogP contribution in [0.25, 0.3) is 6.08 Å². The lowest BCUT2D eigenvalue weighted by Gasteiger charge is -2.17. The van der Waals surface area contributed by atoms with Gasteiger partial charge in [0.2, 0.25) is 5.91 Å². The van der Waals surface area contributed by atoms with Gasteiger partial charge in [0.1, 0.15) is 16.7 Å². The Morgan fingerprint density at radius 1 is 0.795 bits per heavy atom. The third-order valence-electron chi connectivity index (χ3n) is 6.48. The summed E-state index contributed by atoms with van der Waals surface area (Å²) in [5, 5.41) is 11.7. The van der Waals surface area contributed by atoms with Crippen molar-refractivity contribution in [2.24, 2.45) is 0 Å². The number of nitrogens with zero attached hydrogens (tertiary/aromatic N) is 1. The predicted molar refractivity (Wildman–Crippen MR) is 173 cm³/mol. The smallest absolute Gasteiger partial charge is 0.272 e. The van der Waals surface area contributed by atoms with Crippen molar-refractivity contribution in [3.05, 3.63) is 149 Å². The van der Waals surface area contributed by atoms with Crippen LogP contribution in [0.15, 0.2) is 130 Å². The van der Waals surface area contributed by atoms with E-state index < -0.39 is 17.1 Å². The second kappa shape index (κ2) is 14.2. The molecular weight excluding hydrogens is 572 g/mol. The first-order valence-electron chi connectivity index (χ1n) is 13.9. The Kier molecular flexibility index (Phi) is 9.68. The lowest BCUT2D eigenvalue weighted by Crippen LogP contribution is -2.30. The van der Waals surface area contributed by atoms with E-state index in [1.54, 1.807) is 61.5 Å². The molecule has 0 bridgehead atoms. The zero-order valence-electron chi connectivity index (χ0n) is 24.1. The second-order valence-corrected chi connectivity index (χ2v) is 11.2. The number of hydrogen-bond acceptors (Lipinski definition) is 6. The maximum absolute atomic E-state index is 13.5. The molecule has 0 aliphatic heterocycles. The second-order valence-electron chi connectivity index (χ2n) is 9.99. The molecule has 0 saturated heterocycles. The van der Waals surface area contributed by atoms with Crippen molar-refractivity contribution in [1.29, 1.82) is 0 Å². The molecule has 0 saturated carbocycles. The number of carbonyl (C=O) groups is 3. The molecule has 220 valence electrons. The molecule has 4 aromatic carbocycles. The SMILES string of the molecule is Cc1ccc(/C=C(\NC(=O)c2ccccc2)C(=O)Nc2cccc(SC(C(=O)Nc3cc(C)on3)c3ccccc3)c2)cc1. The molecule has 1 heterocycles. The molecule has 1 atom stereocenters. The van der Waals surface area contributed by atoms with Gasteiger partial charge in [0.25, 0.3) is 11.8 Å². The lowest BCUT2D eigenvalue weighted by atomic mass is 10.1. The molecule has 0 radical (unpaired) electrons. The van der Waals surface area contributed by atoms with Crippen LogP contribution in [0.1, 0.15) is 38.1 Å². The summed E-state index contributed by atoms with van der Waals surface area (Å²) in [7, 11) is 0. The van der Waals surface area contributed by atoms with Crippen molar-refractivity contribution < 1.29 is 18.9 Å². The first-order valence-corrected chi connectivity index (χ1v) is 14.7. The van der Waals surface area contributed by atoms with E-state index in [4.69, 9.17) is 4.52 Å². The highest BCUT2D eigenvalue weighted by Crippen LogP contribution is 2.37. The van der Waals surface area contributed by atoms with Gasteiger partial charge in [-0.05, 0) is 61.4 Å². The van der Waals surface area contributed by atoms with Crippen molar-refractivity contribution in [2.75, 3.05) is 10.6 Å². The minimum Gasteiger partial charge on any atom is -0.360 e. The summed E-state index contributed by atoms with van der Waals surface area (Å²) in [5.74, 6) is -0.238.